The maximum atomic E-state index is 13.2. The summed E-state index contributed by atoms with van der Waals surface area (Å²) in [7, 11) is -9.54. The van der Waals surface area contributed by atoms with E-state index < -0.39 is 77.5 Å². The van der Waals surface area contributed by atoms with E-state index in [1.54, 1.807) is 0 Å². The van der Waals surface area contributed by atoms with E-state index in [2.05, 4.69) is 29.2 Å². The highest BCUT2D eigenvalue weighted by Gasteiger charge is 2.17. The van der Waals surface area contributed by atoms with Crippen molar-refractivity contribution in [3.8, 4) is 17.2 Å². The highest BCUT2D eigenvalue weighted by Crippen LogP contribution is 2.30. The van der Waals surface area contributed by atoms with Crippen molar-refractivity contribution in [1.29, 1.82) is 0 Å². The summed E-state index contributed by atoms with van der Waals surface area (Å²) in [6, 6.07) is 2.10. The molecule has 0 saturated carbocycles. The number of alkyl halides is 2. The van der Waals surface area contributed by atoms with Gasteiger partial charge in [-0.15, -0.1) is 0 Å². The monoisotopic (exact) mass is 394 g/mol. The van der Waals surface area contributed by atoms with Crippen LogP contribution in [0.2, 0.25) is 0 Å². The predicted molar refractivity (Wildman–Crippen MR) is 90.2 cm³/mol. The smallest absolute Gasteiger partial charge is 0.387 e. The Morgan fingerprint density at radius 1 is 1.46 bits per heavy atom. The number of H-pyrrole nitrogens is 1. The number of aromatic nitrogens is 3. The van der Waals surface area contributed by atoms with Crippen LogP contribution >= 0.6 is 0 Å². The van der Waals surface area contributed by atoms with Crippen molar-refractivity contribution in [3.05, 3.63) is 36.1 Å². The summed E-state index contributed by atoms with van der Waals surface area (Å²) in [4.78, 5) is 9.80. The Bertz CT molecular complexity index is 1360. The average molecular weight is 394 g/mol. The molecular weight excluding hydrogens is 368 g/mol. The van der Waals surface area contributed by atoms with Gasteiger partial charge in [0.1, 0.15) is 5.75 Å². The first kappa shape index (κ1) is 8.76. The average Bonchev–Trinajstić information content (AvgIpc) is 3.12. The van der Waals surface area contributed by atoms with Gasteiger partial charge in [-0.25, -0.2) is 4.98 Å². The maximum absolute atomic E-state index is 13.2. The highest BCUT2D eigenvalue weighted by atomic mass is 32.2. The van der Waals surface area contributed by atoms with Crippen LogP contribution in [0.1, 0.15) is 20.8 Å². The number of aromatic amines is 1. The van der Waals surface area contributed by atoms with Gasteiger partial charge >= 0.3 is 6.59 Å². The largest absolute Gasteiger partial charge is 0.493 e. The molecule has 7 nitrogen and oxygen atoms in total. The molecule has 1 atom stereocenters. The van der Waals surface area contributed by atoms with E-state index >= 15 is 0 Å². The molecule has 0 fully saturated rings. The molecule has 138 valence electrons. The molecule has 26 heavy (non-hydrogen) atoms. The normalized spacial score (nSPS) is 20.5. The zero-order valence-corrected chi connectivity index (χ0v) is 13.2. The minimum absolute atomic E-state index is 0.0147. The number of fused-ring (bicyclic) bond motifs is 1. The van der Waals surface area contributed by atoms with Crippen molar-refractivity contribution in [1.82, 2.24) is 15.0 Å². The number of imidazole rings is 1. The van der Waals surface area contributed by atoms with Crippen molar-refractivity contribution < 1.29 is 42.3 Å². The van der Waals surface area contributed by atoms with Gasteiger partial charge in [0, 0.05) is 21.0 Å². The van der Waals surface area contributed by atoms with Crippen molar-refractivity contribution >= 4 is 21.8 Å². The summed E-state index contributed by atoms with van der Waals surface area (Å²) in [5.41, 5.74) is -4.42. The molecule has 1 aromatic carbocycles. The summed E-state index contributed by atoms with van der Waals surface area (Å²) in [6.07, 6.45) is -1.05. The van der Waals surface area contributed by atoms with Gasteiger partial charge in [-0.2, -0.15) is 8.78 Å². The lowest BCUT2D eigenvalue weighted by Crippen LogP contribution is -2.04. The number of rotatable bonds is 7. The number of pyridine rings is 1. The van der Waals surface area contributed by atoms with Crippen LogP contribution in [0.15, 0.2) is 35.6 Å². The fourth-order valence-electron chi connectivity index (χ4n) is 1.93. The van der Waals surface area contributed by atoms with Gasteiger partial charge in [0.25, 0.3) is 0 Å². The lowest BCUT2D eigenvalue weighted by atomic mass is 10.3. The number of nitrogens with zero attached hydrogens (tertiary/aromatic N) is 2. The van der Waals surface area contributed by atoms with Gasteiger partial charge in [-0.3, -0.25) is 9.19 Å². The first-order valence-electron chi connectivity index (χ1n) is 12.1. The summed E-state index contributed by atoms with van der Waals surface area (Å²) >= 11 is 0. The molecule has 2 aromatic heterocycles. The van der Waals surface area contributed by atoms with E-state index in [0.29, 0.717) is 0 Å². The number of benzene rings is 1. The third kappa shape index (κ3) is 3.74. The van der Waals surface area contributed by atoms with E-state index in [9.17, 15) is 13.0 Å². The number of halogens is 2. The fraction of sp³-hybridized carbons (Fsp3) is 0.250. The Morgan fingerprint density at radius 2 is 2.31 bits per heavy atom. The Hall–Kier alpha value is -2.75. The quantitative estimate of drug-likeness (QED) is 0.663. The van der Waals surface area contributed by atoms with Crippen LogP contribution in [0.4, 0.5) is 8.78 Å². The van der Waals surface area contributed by atoms with Gasteiger partial charge < -0.3 is 19.2 Å². The van der Waals surface area contributed by atoms with Crippen LogP contribution in [-0.4, -0.2) is 39.8 Å². The van der Waals surface area contributed by atoms with Gasteiger partial charge in [-0.1, -0.05) is 0 Å². The fourth-order valence-corrected chi connectivity index (χ4v) is 2.72. The molecule has 0 spiro atoms. The summed E-state index contributed by atoms with van der Waals surface area (Å²) < 4.78 is 135. The van der Waals surface area contributed by atoms with Gasteiger partial charge in [0.2, 0.25) is 0 Å². The highest BCUT2D eigenvalue weighted by molar-refractivity contribution is 7.84. The summed E-state index contributed by atoms with van der Waals surface area (Å²) in [6.45, 7) is -4.26. The molecular formula is C16H15F2N3O4S. The molecule has 0 aliphatic rings. The molecule has 1 unspecified atom stereocenters. The zero-order chi connectivity index (χ0) is 28.1. The number of hydrogen-bond donors (Lipinski definition) is 1. The van der Waals surface area contributed by atoms with Gasteiger partial charge in [-0.05, 0) is 12.1 Å². The molecule has 0 saturated heterocycles. The third-order valence-electron chi connectivity index (χ3n) is 2.95. The van der Waals surface area contributed by atoms with E-state index in [-0.39, 0.29) is 11.0 Å². The van der Waals surface area contributed by atoms with Crippen LogP contribution in [0.25, 0.3) is 11.0 Å². The van der Waals surface area contributed by atoms with Crippen LogP contribution in [0.3, 0.4) is 0 Å². The molecule has 10 heteroatoms. The second-order valence-electron chi connectivity index (χ2n) is 4.48. The first-order chi connectivity index (χ1) is 16.7. The maximum Gasteiger partial charge on any atom is 0.387 e. The van der Waals surface area contributed by atoms with Crippen molar-refractivity contribution in [3.63, 3.8) is 0 Å². The second-order valence-corrected chi connectivity index (χ2v) is 5.61. The topological polar surface area (TPSA) is 86.3 Å². The number of methoxy groups -OCH3 is 2. The lowest BCUT2D eigenvalue weighted by Gasteiger charge is -2.10. The molecule has 1 N–H and O–H groups in total. The van der Waals surface area contributed by atoms with E-state index in [1.807, 2.05) is 0 Å². The second kappa shape index (κ2) is 7.65. The van der Waals surface area contributed by atoms with E-state index in [1.165, 1.54) is 0 Å². The standard InChI is InChI=1S/C16H15F2N3O4S/c1-23-13-5-6-19-12(14(13)24-2)8-26(22)16-20-10-4-3-9(25-15(17)18)7-11(10)21-16/h3-7,15H,8H2,1-2H3,(H,20,21)/i1D3,2D3,5D,6D,8D2,15D. The first-order valence-corrected chi connectivity index (χ1v) is 7.71. The molecule has 2 heterocycles. The molecule has 0 radical (unpaired) electrons. The Kier molecular flexibility index (Phi) is 2.58. The van der Waals surface area contributed by atoms with Crippen LogP contribution in [0, 0.1) is 0 Å². The third-order valence-corrected chi connectivity index (χ3v) is 3.88. The Labute approximate surface area is 165 Å². The number of ether oxygens (including phenoxy) is 3. The van der Waals surface area contributed by atoms with Gasteiger partial charge in [0.15, 0.2) is 18.0 Å². The number of hydrogen-bond acceptors (Lipinski definition) is 6. The molecule has 0 amide bonds. The van der Waals surface area contributed by atoms with Crippen LogP contribution in [-0.2, 0) is 16.5 Å². The predicted octanol–water partition coefficient (Wildman–Crippen LogP) is 2.88. The zero-order valence-electron chi connectivity index (χ0n) is 23.4. The SMILES string of the molecule is [2H]c1nc(C([2H])([2H])S(=O)c2nc3ccc(OC([2H])(F)F)cc3[nH]2)c(OC([2H])([2H])[2H])c(OC([2H])([2H])[2H])c1[2H]. The van der Waals surface area contributed by atoms with Crippen molar-refractivity contribution in [2.75, 3.05) is 14.1 Å². The molecule has 3 aromatic rings. The summed E-state index contributed by atoms with van der Waals surface area (Å²) in [5.74, 6) is -2.81. The minimum Gasteiger partial charge on any atom is -0.493 e. The Morgan fingerprint density at radius 3 is 3.08 bits per heavy atom. The van der Waals surface area contributed by atoms with Crippen LogP contribution < -0.4 is 14.2 Å². The van der Waals surface area contributed by atoms with E-state index in [4.69, 9.17) is 15.1 Å². The minimum atomic E-state index is -4.26. The van der Waals surface area contributed by atoms with Crippen LogP contribution in [0.5, 0.6) is 17.2 Å². The molecule has 0 bridgehead atoms. The van der Waals surface area contributed by atoms with Gasteiger partial charge in [0.05, 0.1) is 58.3 Å². The number of nitrogens with one attached hydrogen (secondary N) is 1. The Balaban J connectivity index is 2.15. The molecule has 3 rings (SSSR count). The molecule has 0 aliphatic carbocycles. The summed E-state index contributed by atoms with van der Waals surface area (Å²) in [5, 5.41) is -0.601. The molecule has 0 aliphatic heterocycles. The van der Waals surface area contributed by atoms with Crippen molar-refractivity contribution in [2.45, 2.75) is 17.4 Å². The lowest BCUT2D eigenvalue weighted by molar-refractivity contribution is -0.0497. The van der Waals surface area contributed by atoms with E-state index in [0.717, 1.165) is 18.2 Å². The van der Waals surface area contributed by atoms with Crippen molar-refractivity contribution in [2.24, 2.45) is 0 Å².